The van der Waals surface area contributed by atoms with Crippen molar-refractivity contribution < 1.29 is 28.7 Å². The standard InChI is InChI=1S/C20H25N3O6/c1-12(2)19(26)28-7-5-22-17(24)14-9-15(11-16(21)10-14)18(25)23-6-8-29-20(27)13(3)4/h9-11H,1,3,5-8,21H2,2,4H3,(H,22,24)(H,23,25). The fraction of sp³-hybridized carbons (Fsp3) is 0.300. The van der Waals surface area contributed by atoms with Gasteiger partial charge in [0, 0.05) is 28.0 Å². The quantitative estimate of drug-likeness (QED) is 0.229. The minimum absolute atomic E-state index is 0.0179. The van der Waals surface area contributed by atoms with Gasteiger partial charge in [-0.1, -0.05) is 13.2 Å². The highest BCUT2D eigenvalue weighted by Gasteiger charge is 2.13. The molecular formula is C20H25N3O6. The molecule has 0 heterocycles. The van der Waals surface area contributed by atoms with Crippen molar-refractivity contribution in [1.82, 2.24) is 10.6 Å². The Balaban J connectivity index is 2.58. The summed E-state index contributed by atoms with van der Waals surface area (Å²) < 4.78 is 9.76. The number of esters is 2. The first kappa shape index (κ1) is 23.4. The van der Waals surface area contributed by atoms with Crippen molar-refractivity contribution in [1.29, 1.82) is 0 Å². The van der Waals surface area contributed by atoms with Gasteiger partial charge in [-0.3, -0.25) is 9.59 Å². The Morgan fingerprint density at radius 1 is 0.828 bits per heavy atom. The normalized spacial score (nSPS) is 9.86. The van der Waals surface area contributed by atoms with Gasteiger partial charge in [0.15, 0.2) is 0 Å². The van der Waals surface area contributed by atoms with Gasteiger partial charge in [-0.05, 0) is 32.0 Å². The maximum Gasteiger partial charge on any atom is 0.333 e. The van der Waals surface area contributed by atoms with E-state index in [9.17, 15) is 19.2 Å². The van der Waals surface area contributed by atoms with Crippen molar-refractivity contribution in [2.24, 2.45) is 0 Å². The summed E-state index contributed by atoms with van der Waals surface area (Å²) in [5.74, 6) is -2.05. The van der Waals surface area contributed by atoms with Crippen molar-refractivity contribution in [2.45, 2.75) is 13.8 Å². The van der Waals surface area contributed by atoms with Gasteiger partial charge >= 0.3 is 11.9 Å². The van der Waals surface area contributed by atoms with Gasteiger partial charge < -0.3 is 25.8 Å². The molecule has 0 spiro atoms. The van der Waals surface area contributed by atoms with Crippen LogP contribution in [0.3, 0.4) is 0 Å². The molecule has 29 heavy (non-hydrogen) atoms. The molecule has 9 nitrogen and oxygen atoms in total. The molecule has 0 aliphatic rings. The number of carbonyl (C=O) groups excluding carboxylic acids is 4. The molecule has 0 radical (unpaired) electrons. The van der Waals surface area contributed by atoms with Crippen LogP contribution < -0.4 is 16.4 Å². The molecule has 156 valence electrons. The highest BCUT2D eigenvalue weighted by atomic mass is 16.5. The zero-order valence-electron chi connectivity index (χ0n) is 16.5. The number of rotatable bonds is 10. The Morgan fingerprint density at radius 3 is 1.55 bits per heavy atom. The van der Waals surface area contributed by atoms with Crippen LogP contribution in [0.4, 0.5) is 5.69 Å². The second-order valence-corrected chi connectivity index (χ2v) is 6.19. The van der Waals surface area contributed by atoms with Gasteiger partial charge in [-0.2, -0.15) is 0 Å². The van der Waals surface area contributed by atoms with E-state index in [0.717, 1.165) is 0 Å². The molecule has 9 heteroatoms. The summed E-state index contributed by atoms with van der Waals surface area (Å²) in [6.07, 6.45) is 0. The second-order valence-electron chi connectivity index (χ2n) is 6.19. The van der Waals surface area contributed by atoms with Crippen LogP contribution in [0.15, 0.2) is 42.5 Å². The minimum atomic E-state index is -0.545. The highest BCUT2D eigenvalue weighted by Crippen LogP contribution is 2.12. The average molecular weight is 403 g/mol. The SMILES string of the molecule is C=C(C)C(=O)OCCNC(=O)c1cc(N)cc(C(=O)NCCOC(=O)C(=C)C)c1. The fourth-order valence-electron chi connectivity index (χ4n) is 1.98. The zero-order chi connectivity index (χ0) is 22.0. The number of nitrogens with one attached hydrogen (secondary N) is 2. The van der Waals surface area contributed by atoms with Crippen molar-refractivity contribution in [3.8, 4) is 0 Å². The van der Waals surface area contributed by atoms with Crippen LogP contribution >= 0.6 is 0 Å². The van der Waals surface area contributed by atoms with Crippen LogP contribution in [0.1, 0.15) is 34.6 Å². The number of benzene rings is 1. The summed E-state index contributed by atoms with van der Waals surface area (Å²) >= 11 is 0. The molecule has 0 aliphatic carbocycles. The number of hydrogen-bond donors (Lipinski definition) is 3. The van der Waals surface area contributed by atoms with Gasteiger partial charge in [0.2, 0.25) is 0 Å². The van der Waals surface area contributed by atoms with E-state index in [1.54, 1.807) is 0 Å². The molecular weight excluding hydrogens is 378 g/mol. The lowest BCUT2D eigenvalue weighted by Gasteiger charge is -2.10. The van der Waals surface area contributed by atoms with E-state index < -0.39 is 23.8 Å². The number of amides is 2. The summed E-state index contributed by atoms with van der Waals surface area (Å²) in [4.78, 5) is 47.0. The number of carbonyl (C=O) groups is 4. The van der Waals surface area contributed by atoms with Gasteiger partial charge in [-0.15, -0.1) is 0 Å². The molecule has 0 atom stereocenters. The summed E-state index contributed by atoms with van der Waals surface area (Å²) in [6, 6.07) is 4.21. The Bertz CT molecular complexity index is 767. The Morgan fingerprint density at radius 2 is 1.21 bits per heavy atom. The minimum Gasteiger partial charge on any atom is -0.460 e. The topological polar surface area (TPSA) is 137 Å². The largest absolute Gasteiger partial charge is 0.460 e. The summed E-state index contributed by atoms with van der Waals surface area (Å²) in [5.41, 5.74) is 6.87. The molecule has 0 saturated carbocycles. The summed E-state index contributed by atoms with van der Waals surface area (Å²) in [6.45, 7) is 10.1. The predicted molar refractivity (Wildman–Crippen MR) is 107 cm³/mol. The molecule has 0 saturated heterocycles. The molecule has 2 amide bonds. The smallest absolute Gasteiger partial charge is 0.333 e. The van der Waals surface area contributed by atoms with Crippen LogP contribution in [0.2, 0.25) is 0 Å². The monoisotopic (exact) mass is 403 g/mol. The molecule has 1 rings (SSSR count). The summed E-state index contributed by atoms with van der Waals surface area (Å²) in [5, 5.41) is 5.13. The summed E-state index contributed by atoms with van der Waals surface area (Å²) in [7, 11) is 0. The number of nitrogens with two attached hydrogens (primary N) is 1. The number of nitrogen functional groups attached to an aromatic ring is 1. The maximum atomic E-state index is 12.2. The van der Waals surface area contributed by atoms with Gasteiger partial charge in [0.25, 0.3) is 11.8 Å². The first-order valence-corrected chi connectivity index (χ1v) is 8.74. The molecule has 0 aromatic heterocycles. The van der Waals surface area contributed by atoms with Gasteiger partial charge in [-0.25, -0.2) is 9.59 Å². The third-order valence-corrected chi connectivity index (χ3v) is 3.42. The van der Waals surface area contributed by atoms with E-state index in [1.807, 2.05) is 0 Å². The second kappa shape index (κ2) is 11.3. The van der Waals surface area contributed by atoms with Crippen molar-refractivity contribution in [3.05, 3.63) is 53.6 Å². The lowest BCUT2D eigenvalue weighted by Crippen LogP contribution is -2.30. The Labute approximate surface area is 168 Å². The number of hydrogen-bond acceptors (Lipinski definition) is 7. The number of ether oxygens (including phenoxy) is 2. The van der Waals surface area contributed by atoms with Crippen molar-refractivity contribution in [3.63, 3.8) is 0 Å². The van der Waals surface area contributed by atoms with E-state index in [-0.39, 0.29) is 54.3 Å². The highest BCUT2D eigenvalue weighted by molar-refractivity contribution is 6.01. The molecule has 0 unspecified atom stereocenters. The van der Waals surface area contributed by atoms with Crippen LogP contribution in [0.5, 0.6) is 0 Å². The molecule has 0 fully saturated rings. The van der Waals surface area contributed by atoms with Crippen LogP contribution in [-0.4, -0.2) is 50.1 Å². The molecule has 0 bridgehead atoms. The maximum absolute atomic E-state index is 12.2. The third-order valence-electron chi connectivity index (χ3n) is 3.42. The first-order valence-electron chi connectivity index (χ1n) is 8.74. The van der Waals surface area contributed by atoms with E-state index in [2.05, 4.69) is 23.8 Å². The van der Waals surface area contributed by atoms with Crippen LogP contribution in [0, 0.1) is 0 Å². The van der Waals surface area contributed by atoms with Gasteiger partial charge in [0.05, 0.1) is 13.1 Å². The molecule has 0 aliphatic heterocycles. The van der Waals surface area contributed by atoms with Crippen molar-refractivity contribution in [2.75, 3.05) is 32.0 Å². The lowest BCUT2D eigenvalue weighted by atomic mass is 10.1. The zero-order valence-corrected chi connectivity index (χ0v) is 16.5. The Hall–Kier alpha value is -3.62. The van der Waals surface area contributed by atoms with E-state index in [4.69, 9.17) is 15.2 Å². The molecule has 4 N–H and O–H groups in total. The van der Waals surface area contributed by atoms with Crippen LogP contribution in [0.25, 0.3) is 0 Å². The number of anilines is 1. The van der Waals surface area contributed by atoms with E-state index in [0.29, 0.717) is 0 Å². The molecule has 1 aromatic rings. The average Bonchev–Trinajstić information content (AvgIpc) is 2.66. The third kappa shape index (κ3) is 8.29. The molecule has 1 aromatic carbocycles. The van der Waals surface area contributed by atoms with Gasteiger partial charge in [0.1, 0.15) is 13.2 Å². The first-order chi connectivity index (χ1) is 13.6. The predicted octanol–water partition coefficient (Wildman–Crippen LogP) is 0.967. The Kier molecular flexibility index (Phi) is 9.11. The lowest BCUT2D eigenvalue weighted by molar-refractivity contribution is -0.139. The van der Waals surface area contributed by atoms with Crippen molar-refractivity contribution >= 4 is 29.4 Å². The van der Waals surface area contributed by atoms with E-state index in [1.165, 1.54) is 32.0 Å². The van der Waals surface area contributed by atoms with Crippen LogP contribution in [-0.2, 0) is 19.1 Å². The van der Waals surface area contributed by atoms with E-state index >= 15 is 0 Å². The fourth-order valence-corrected chi connectivity index (χ4v) is 1.98.